The highest BCUT2D eigenvalue weighted by Crippen LogP contribution is 2.27. The number of ether oxygens (including phenoxy) is 1. The fourth-order valence-corrected chi connectivity index (χ4v) is 1.34. The highest BCUT2D eigenvalue weighted by atomic mass is 16.6. The van der Waals surface area contributed by atoms with Crippen LogP contribution in [0.2, 0.25) is 0 Å². The molecule has 0 spiro atoms. The maximum absolute atomic E-state index is 5.15. The molecule has 0 unspecified atom stereocenters. The molecule has 15 heavy (non-hydrogen) atoms. The first-order valence-corrected chi connectivity index (χ1v) is 4.83. The molecule has 0 aliphatic carbocycles. The first-order valence-electron chi connectivity index (χ1n) is 4.83. The topological polar surface area (TPSA) is 30.5 Å². The summed E-state index contributed by atoms with van der Waals surface area (Å²) in [4.78, 5) is 4.93. The van der Waals surface area contributed by atoms with E-state index in [2.05, 4.69) is 18.5 Å². The van der Waals surface area contributed by atoms with Gasteiger partial charge >= 0.3 is 0 Å². The van der Waals surface area contributed by atoms with Gasteiger partial charge in [0.05, 0.1) is 19.9 Å². The fraction of sp³-hybridized carbons (Fsp3) is 0.333. The summed E-state index contributed by atoms with van der Waals surface area (Å²) < 4.78 is 5.15. The molecule has 0 aliphatic rings. The second-order valence-electron chi connectivity index (χ2n) is 3.19. The zero-order chi connectivity index (χ0) is 11.3. The van der Waals surface area contributed by atoms with Crippen molar-refractivity contribution in [2.45, 2.75) is 13.8 Å². The standard InChI is InChI=1S/C12H17NO2/c1-5-9(2)11-7-6-10(14-3)8-12(11)13-15-4/h5-8,13H,1-4H3/b9-5+. The number of rotatable bonds is 4. The Labute approximate surface area is 90.7 Å². The van der Waals surface area contributed by atoms with E-state index in [1.54, 1.807) is 14.2 Å². The largest absolute Gasteiger partial charge is 0.497 e. The van der Waals surface area contributed by atoms with Crippen LogP contribution in [0.1, 0.15) is 19.4 Å². The Morgan fingerprint density at radius 3 is 2.60 bits per heavy atom. The van der Waals surface area contributed by atoms with Gasteiger partial charge in [-0.1, -0.05) is 6.08 Å². The molecular formula is C12H17NO2. The molecule has 0 aromatic heterocycles. The summed E-state index contributed by atoms with van der Waals surface area (Å²) in [6.07, 6.45) is 2.06. The van der Waals surface area contributed by atoms with Crippen molar-refractivity contribution in [2.75, 3.05) is 19.7 Å². The second-order valence-corrected chi connectivity index (χ2v) is 3.19. The van der Waals surface area contributed by atoms with Crippen molar-refractivity contribution in [3.63, 3.8) is 0 Å². The van der Waals surface area contributed by atoms with Crippen LogP contribution in [0, 0.1) is 0 Å². The van der Waals surface area contributed by atoms with E-state index in [0.29, 0.717) is 0 Å². The molecule has 0 bridgehead atoms. The molecule has 0 atom stereocenters. The molecule has 0 radical (unpaired) electrons. The van der Waals surface area contributed by atoms with E-state index in [9.17, 15) is 0 Å². The summed E-state index contributed by atoms with van der Waals surface area (Å²) in [5, 5.41) is 0. The molecule has 0 saturated carbocycles. The lowest BCUT2D eigenvalue weighted by molar-refractivity contribution is 0.270. The van der Waals surface area contributed by atoms with Gasteiger partial charge in [-0.15, -0.1) is 0 Å². The lowest BCUT2D eigenvalue weighted by Crippen LogP contribution is -1.99. The average molecular weight is 207 g/mol. The van der Waals surface area contributed by atoms with Crippen molar-refractivity contribution in [1.29, 1.82) is 0 Å². The van der Waals surface area contributed by atoms with Gasteiger partial charge in [0.15, 0.2) is 0 Å². The molecule has 3 nitrogen and oxygen atoms in total. The molecule has 0 heterocycles. The molecule has 0 amide bonds. The molecule has 3 heteroatoms. The van der Waals surface area contributed by atoms with Gasteiger partial charge < -0.3 is 4.74 Å². The summed E-state index contributed by atoms with van der Waals surface area (Å²) in [7, 11) is 3.24. The maximum atomic E-state index is 5.15. The van der Waals surface area contributed by atoms with Crippen LogP contribution >= 0.6 is 0 Å². The first kappa shape index (κ1) is 11.6. The van der Waals surface area contributed by atoms with Gasteiger partial charge in [-0.2, -0.15) is 0 Å². The molecule has 0 saturated heterocycles. The van der Waals surface area contributed by atoms with Gasteiger partial charge in [-0.25, -0.2) is 0 Å². The number of benzene rings is 1. The number of methoxy groups -OCH3 is 1. The number of hydrogen-bond acceptors (Lipinski definition) is 3. The molecule has 0 aliphatic heterocycles. The van der Waals surface area contributed by atoms with Gasteiger partial charge in [0.1, 0.15) is 5.75 Å². The number of allylic oxidation sites excluding steroid dienone is 2. The Morgan fingerprint density at radius 2 is 2.07 bits per heavy atom. The third kappa shape index (κ3) is 2.73. The number of hydrogen-bond donors (Lipinski definition) is 1. The van der Waals surface area contributed by atoms with Crippen LogP contribution in [0.3, 0.4) is 0 Å². The highest BCUT2D eigenvalue weighted by molar-refractivity contribution is 5.75. The van der Waals surface area contributed by atoms with Crippen LogP contribution in [0.25, 0.3) is 5.57 Å². The monoisotopic (exact) mass is 207 g/mol. The molecule has 0 fully saturated rings. The van der Waals surface area contributed by atoms with E-state index in [1.165, 1.54) is 5.57 Å². The van der Waals surface area contributed by atoms with Crippen molar-refractivity contribution in [2.24, 2.45) is 0 Å². The fourth-order valence-electron chi connectivity index (χ4n) is 1.34. The SMILES string of the molecule is C/C=C(\C)c1ccc(OC)cc1NOC. The highest BCUT2D eigenvalue weighted by Gasteiger charge is 2.05. The molecule has 1 rings (SSSR count). The molecule has 82 valence electrons. The Bertz CT molecular complexity index is 359. The van der Waals surface area contributed by atoms with E-state index >= 15 is 0 Å². The summed E-state index contributed by atoms with van der Waals surface area (Å²) in [5.41, 5.74) is 6.06. The quantitative estimate of drug-likeness (QED) is 0.769. The van der Waals surface area contributed by atoms with Crippen molar-refractivity contribution in [3.8, 4) is 5.75 Å². The van der Waals surface area contributed by atoms with Crippen LogP contribution in [0.5, 0.6) is 5.75 Å². The Hall–Kier alpha value is -1.48. The van der Waals surface area contributed by atoms with Crippen LogP contribution in [-0.2, 0) is 4.84 Å². The van der Waals surface area contributed by atoms with Crippen molar-refractivity contribution in [1.82, 2.24) is 0 Å². The predicted octanol–water partition coefficient (Wildman–Crippen LogP) is 3.09. The number of anilines is 1. The zero-order valence-corrected chi connectivity index (χ0v) is 9.63. The predicted molar refractivity (Wildman–Crippen MR) is 63.0 cm³/mol. The van der Waals surface area contributed by atoms with E-state index in [4.69, 9.17) is 9.57 Å². The van der Waals surface area contributed by atoms with Crippen molar-refractivity contribution in [3.05, 3.63) is 29.8 Å². The van der Waals surface area contributed by atoms with Crippen molar-refractivity contribution < 1.29 is 9.57 Å². The van der Waals surface area contributed by atoms with Gasteiger partial charge in [0.25, 0.3) is 0 Å². The van der Waals surface area contributed by atoms with Gasteiger partial charge in [-0.3, -0.25) is 10.3 Å². The maximum Gasteiger partial charge on any atom is 0.121 e. The van der Waals surface area contributed by atoms with E-state index < -0.39 is 0 Å². The van der Waals surface area contributed by atoms with Crippen LogP contribution in [0.4, 0.5) is 5.69 Å². The van der Waals surface area contributed by atoms with E-state index in [-0.39, 0.29) is 0 Å². The van der Waals surface area contributed by atoms with Gasteiger partial charge in [-0.05, 0) is 31.6 Å². The minimum atomic E-state index is 0.808. The summed E-state index contributed by atoms with van der Waals surface area (Å²) in [5.74, 6) is 0.808. The van der Waals surface area contributed by atoms with Crippen LogP contribution < -0.4 is 10.2 Å². The molecule has 1 aromatic rings. The molecule has 1 aromatic carbocycles. The van der Waals surface area contributed by atoms with E-state index in [0.717, 1.165) is 17.0 Å². The summed E-state index contributed by atoms with van der Waals surface area (Å²) in [6.45, 7) is 4.07. The third-order valence-corrected chi connectivity index (χ3v) is 2.30. The van der Waals surface area contributed by atoms with Crippen molar-refractivity contribution >= 4 is 11.3 Å². The minimum Gasteiger partial charge on any atom is -0.497 e. The summed E-state index contributed by atoms with van der Waals surface area (Å²) >= 11 is 0. The Morgan fingerprint density at radius 1 is 1.33 bits per heavy atom. The second kappa shape index (κ2) is 5.41. The summed E-state index contributed by atoms with van der Waals surface area (Å²) in [6, 6.07) is 5.85. The average Bonchev–Trinajstić information content (AvgIpc) is 2.28. The Kier molecular flexibility index (Phi) is 4.18. The van der Waals surface area contributed by atoms with Gasteiger partial charge in [0, 0.05) is 11.6 Å². The van der Waals surface area contributed by atoms with Gasteiger partial charge in [0.2, 0.25) is 0 Å². The lowest BCUT2D eigenvalue weighted by Gasteiger charge is -2.12. The molecule has 1 N–H and O–H groups in total. The third-order valence-electron chi connectivity index (χ3n) is 2.30. The van der Waals surface area contributed by atoms with Crippen LogP contribution in [-0.4, -0.2) is 14.2 Å². The normalized spacial score (nSPS) is 11.3. The van der Waals surface area contributed by atoms with E-state index in [1.807, 2.05) is 25.1 Å². The minimum absolute atomic E-state index is 0.808. The Balaban J connectivity index is 3.14. The smallest absolute Gasteiger partial charge is 0.121 e. The first-order chi connectivity index (χ1) is 7.22. The molecular weight excluding hydrogens is 190 g/mol. The zero-order valence-electron chi connectivity index (χ0n) is 9.63. The van der Waals surface area contributed by atoms with Crippen LogP contribution in [0.15, 0.2) is 24.3 Å². The lowest BCUT2D eigenvalue weighted by atomic mass is 10.1. The number of nitrogens with one attached hydrogen (secondary N) is 1.